The molecular weight excluding hydrogens is 350 g/mol. The van der Waals surface area contributed by atoms with Gasteiger partial charge < -0.3 is 10.6 Å². The second-order valence-electron chi connectivity index (χ2n) is 6.37. The van der Waals surface area contributed by atoms with Crippen LogP contribution in [0.25, 0.3) is 0 Å². The van der Waals surface area contributed by atoms with Gasteiger partial charge in [0.05, 0.1) is 10.6 Å². The highest BCUT2D eigenvalue weighted by molar-refractivity contribution is 7.92. The van der Waals surface area contributed by atoms with Gasteiger partial charge in [0.1, 0.15) is 0 Å². The van der Waals surface area contributed by atoms with Gasteiger partial charge in [-0.2, -0.15) is 0 Å². The minimum atomic E-state index is -3.75. The van der Waals surface area contributed by atoms with Gasteiger partial charge in [0, 0.05) is 31.7 Å². The molecule has 1 aliphatic heterocycles. The van der Waals surface area contributed by atoms with Crippen molar-refractivity contribution in [2.45, 2.75) is 23.8 Å². The molecule has 2 aromatic carbocycles. The molecule has 2 aromatic rings. The van der Waals surface area contributed by atoms with Gasteiger partial charge in [-0.15, -0.1) is 0 Å². The number of likely N-dealkylation sites (tertiary alicyclic amines) is 1. The van der Waals surface area contributed by atoms with Gasteiger partial charge in [0.2, 0.25) is 0 Å². The Balaban J connectivity index is 1.90. The summed E-state index contributed by atoms with van der Waals surface area (Å²) in [6.07, 6.45) is 1.80. The molecule has 3 rings (SSSR count). The molecule has 6 nitrogen and oxygen atoms in total. The molecule has 1 fully saturated rings. The smallest absolute Gasteiger partial charge is 0.264 e. The summed E-state index contributed by atoms with van der Waals surface area (Å²) < 4.78 is 27.1. The predicted octanol–water partition coefficient (Wildman–Crippen LogP) is 2.08. The number of sulfonamides is 1. The molecule has 138 valence electrons. The number of anilines is 1. The van der Waals surface area contributed by atoms with E-state index in [0.717, 1.165) is 12.8 Å². The SMILES string of the molecule is CN(c1ccccc1)S(=O)(=O)c1cccc(C(=O)N2CCCC2CN)c1. The van der Waals surface area contributed by atoms with Crippen molar-refractivity contribution < 1.29 is 13.2 Å². The van der Waals surface area contributed by atoms with E-state index in [4.69, 9.17) is 5.73 Å². The van der Waals surface area contributed by atoms with Crippen molar-refractivity contribution in [3.8, 4) is 0 Å². The summed E-state index contributed by atoms with van der Waals surface area (Å²) in [5.74, 6) is -0.169. The standard InChI is InChI=1S/C19H23N3O3S/c1-21(16-8-3-2-4-9-16)26(24,25)18-11-5-7-15(13-18)19(23)22-12-6-10-17(22)14-20/h2-5,7-9,11,13,17H,6,10,12,14,20H2,1H3. The molecule has 1 unspecified atom stereocenters. The van der Waals surface area contributed by atoms with E-state index in [2.05, 4.69) is 0 Å². The molecule has 0 radical (unpaired) electrons. The van der Waals surface area contributed by atoms with Crippen LogP contribution in [0.4, 0.5) is 5.69 Å². The van der Waals surface area contributed by atoms with E-state index in [1.807, 2.05) is 6.07 Å². The number of hydrogen-bond donors (Lipinski definition) is 1. The van der Waals surface area contributed by atoms with Crippen LogP contribution >= 0.6 is 0 Å². The quantitative estimate of drug-likeness (QED) is 0.870. The van der Waals surface area contributed by atoms with Gasteiger partial charge >= 0.3 is 0 Å². The molecule has 26 heavy (non-hydrogen) atoms. The highest BCUT2D eigenvalue weighted by Crippen LogP contribution is 2.24. The first-order valence-corrected chi connectivity index (χ1v) is 10.0. The molecule has 1 saturated heterocycles. The summed E-state index contributed by atoms with van der Waals surface area (Å²) in [5, 5.41) is 0. The molecule has 7 heteroatoms. The van der Waals surface area contributed by atoms with Crippen molar-refractivity contribution in [2.75, 3.05) is 24.4 Å². The van der Waals surface area contributed by atoms with Crippen LogP contribution < -0.4 is 10.0 Å². The molecular formula is C19H23N3O3S. The third kappa shape index (κ3) is 3.45. The summed E-state index contributed by atoms with van der Waals surface area (Å²) in [5.41, 5.74) is 6.68. The topological polar surface area (TPSA) is 83.7 Å². The first-order valence-electron chi connectivity index (χ1n) is 8.60. The lowest BCUT2D eigenvalue weighted by atomic mass is 10.1. The number of amides is 1. The summed E-state index contributed by atoms with van der Waals surface area (Å²) in [6.45, 7) is 1.07. The Hall–Kier alpha value is -2.38. The number of para-hydroxylation sites is 1. The van der Waals surface area contributed by atoms with Gasteiger partial charge in [-0.1, -0.05) is 24.3 Å². The van der Waals surface area contributed by atoms with E-state index in [9.17, 15) is 13.2 Å². The summed E-state index contributed by atoms with van der Waals surface area (Å²) in [6, 6.07) is 15.1. The van der Waals surface area contributed by atoms with Crippen LogP contribution in [-0.2, 0) is 10.0 Å². The van der Waals surface area contributed by atoms with Gasteiger partial charge in [-0.25, -0.2) is 8.42 Å². The average Bonchev–Trinajstić information content (AvgIpc) is 3.16. The molecule has 1 heterocycles. The van der Waals surface area contributed by atoms with E-state index in [-0.39, 0.29) is 16.8 Å². The minimum absolute atomic E-state index is 0.0229. The van der Waals surface area contributed by atoms with E-state index < -0.39 is 10.0 Å². The molecule has 0 saturated carbocycles. The predicted molar refractivity (Wildman–Crippen MR) is 102 cm³/mol. The molecule has 1 amide bonds. The van der Waals surface area contributed by atoms with E-state index >= 15 is 0 Å². The van der Waals surface area contributed by atoms with Crippen LogP contribution in [-0.4, -0.2) is 45.4 Å². The number of carbonyl (C=O) groups excluding carboxylic acids is 1. The van der Waals surface area contributed by atoms with Crippen LogP contribution in [0.3, 0.4) is 0 Å². The van der Waals surface area contributed by atoms with Crippen molar-refractivity contribution in [2.24, 2.45) is 5.73 Å². The van der Waals surface area contributed by atoms with Crippen LogP contribution in [0.5, 0.6) is 0 Å². The van der Waals surface area contributed by atoms with Crippen molar-refractivity contribution in [3.05, 3.63) is 60.2 Å². The Morgan fingerprint density at radius 3 is 2.62 bits per heavy atom. The van der Waals surface area contributed by atoms with Crippen molar-refractivity contribution >= 4 is 21.6 Å². The third-order valence-electron chi connectivity index (χ3n) is 4.77. The lowest BCUT2D eigenvalue weighted by Crippen LogP contribution is -2.40. The fraction of sp³-hybridized carbons (Fsp3) is 0.316. The van der Waals surface area contributed by atoms with Gasteiger partial charge in [-0.05, 0) is 43.2 Å². The van der Waals surface area contributed by atoms with E-state index in [1.165, 1.54) is 23.5 Å². The van der Waals surface area contributed by atoms with Crippen molar-refractivity contribution in [1.82, 2.24) is 4.90 Å². The maximum atomic E-state index is 12.9. The Bertz CT molecular complexity index is 884. The molecule has 0 bridgehead atoms. The lowest BCUT2D eigenvalue weighted by Gasteiger charge is -2.24. The average molecular weight is 373 g/mol. The van der Waals surface area contributed by atoms with Gasteiger partial charge in [-0.3, -0.25) is 9.10 Å². The highest BCUT2D eigenvalue weighted by atomic mass is 32.2. The number of benzene rings is 2. The maximum absolute atomic E-state index is 12.9. The van der Waals surface area contributed by atoms with Crippen LogP contribution in [0.2, 0.25) is 0 Å². The fourth-order valence-electron chi connectivity index (χ4n) is 3.24. The van der Waals surface area contributed by atoms with Crippen molar-refractivity contribution in [3.63, 3.8) is 0 Å². The molecule has 0 aromatic heterocycles. The summed E-state index contributed by atoms with van der Waals surface area (Å²) in [7, 11) is -2.25. The van der Waals surface area contributed by atoms with E-state index in [0.29, 0.717) is 24.3 Å². The highest BCUT2D eigenvalue weighted by Gasteiger charge is 2.29. The van der Waals surface area contributed by atoms with Crippen LogP contribution in [0.1, 0.15) is 23.2 Å². The second-order valence-corrected chi connectivity index (χ2v) is 8.34. The van der Waals surface area contributed by atoms with Crippen molar-refractivity contribution in [1.29, 1.82) is 0 Å². The van der Waals surface area contributed by atoms with E-state index in [1.54, 1.807) is 41.3 Å². The number of nitrogens with zero attached hydrogens (tertiary/aromatic N) is 2. The molecule has 1 atom stereocenters. The monoisotopic (exact) mass is 373 g/mol. The van der Waals surface area contributed by atoms with Gasteiger partial charge in [0.25, 0.3) is 15.9 Å². The summed E-state index contributed by atoms with van der Waals surface area (Å²) in [4.78, 5) is 14.6. The third-order valence-corrected chi connectivity index (χ3v) is 6.55. The van der Waals surface area contributed by atoms with Crippen LogP contribution in [0, 0.1) is 0 Å². The zero-order chi connectivity index (χ0) is 18.7. The zero-order valence-electron chi connectivity index (χ0n) is 14.7. The zero-order valence-corrected chi connectivity index (χ0v) is 15.5. The Morgan fingerprint density at radius 1 is 1.19 bits per heavy atom. The minimum Gasteiger partial charge on any atom is -0.334 e. The van der Waals surface area contributed by atoms with Crippen LogP contribution in [0.15, 0.2) is 59.5 Å². The Kier molecular flexibility index (Phi) is 5.29. The lowest BCUT2D eigenvalue weighted by molar-refractivity contribution is 0.0741. The number of nitrogens with two attached hydrogens (primary N) is 1. The second kappa shape index (κ2) is 7.47. The number of hydrogen-bond acceptors (Lipinski definition) is 4. The largest absolute Gasteiger partial charge is 0.334 e. The molecule has 0 spiro atoms. The summed E-state index contributed by atoms with van der Waals surface area (Å²) >= 11 is 0. The van der Waals surface area contributed by atoms with Gasteiger partial charge in [0.15, 0.2) is 0 Å². The first kappa shape index (κ1) is 18.4. The maximum Gasteiger partial charge on any atom is 0.264 e. The number of rotatable bonds is 5. The Labute approximate surface area is 154 Å². The molecule has 1 aliphatic rings. The Morgan fingerprint density at radius 2 is 1.92 bits per heavy atom. The molecule has 2 N–H and O–H groups in total. The molecule has 0 aliphatic carbocycles. The fourth-order valence-corrected chi connectivity index (χ4v) is 4.48. The normalized spacial score (nSPS) is 17.3. The first-order chi connectivity index (χ1) is 12.4. The number of carbonyl (C=O) groups is 1.